The van der Waals surface area contributed by atoms with Crippen LogP contribution < -0.4 is 5.32 Å². The number of rotatable bonds is 14. The maximum atomic E-state index is 12.5. The summed E-state index contributed by atoms with van der Waals surface area (Å²) in [7, 11) is 0. The highest BCUT2D eigenvalue weighted by Gasteiger charge is 2.44. The van der Waals surface area contributed by atoms with Gasteiger partial charge in [-0.2, -0.15) is 0 Å². The van der Waals surface area contributed by atoms with Crippen molar-refractivity contribution in [2.75, 3.05) is 13.2 Å². The van der Waals surface area contributed by atoms with Crippen molar-refractivity contribution in [2.45, 2.75) is 109 Å². The Bertz CT molecular complexity index is 391. The van der Waals surface area contributed by atoms with E-state index in [1.807, 2.05) is 0 Å². The Labute approximate surface area is 159 Å². The van der Waals surface area contributed by atoms with Gasteiger partial charge in [-0.3, -0.25) is 0 Å². The van der Waals surface area contributed by atoms with E-state index in [9.17, 15) is 9.59 Å². The standard InChI is InChI=1S/C21H39NO4/c1-3-5-6-7-8-9-10-11-12-15-18-26-19(23)21(16-13-14-17-21)22-20(24)25-4-2/h3-18H2,1-2H3,(H,22,24). The fourth-order valence-electron chi connectivity index (χ4n) is 3.61. The number of nitrogens with one attached hydrogen (secondary N) is 1. The number of carbonyl (C=O) groups is 2. The largest absolute Gasteiger partial charge is 0.464 e. The molecule has 1 amide bonds. The van der Waals surface area contributed by atoms with Crippen LogP contribution in [0, 0.1) is 0 Å². The Kier molecular flexibility index (Phi) is 12.2. The summed E-state index contributed by atoms with van der Waals surface area (Å²) in [6.07, 6.45) is 15.1. The average molecular weight is 370 g/mol. The second-order valence-electron chi connectivity index (χ2n) is 7.45. The van der Waals surface area contributed by atoms with Crippen molar-refractivity contribution >= 4 is 12.1 Å². The fraction of sp³-hybridized carbons (Fsp3) is 0.905. The molecule has 0 spiro atoms. The van der Waals surface area contributed by atoms with Crippen LogP contribution in [-0.4, -0.2) is 30.8 Å². The highest BCUT2D eigenvalue weighted by Crippen LogP contribution is 2.31. The third-order valence-corrected chi connectivity index (χ3v) is 5.20. The second-order valence-corrected chi connectivity index (χ2v) is 7.45. The minimum absolute atomic E-state index is 0.293. The van der Waals surface area contributed by atoms with Gasteiger partial charge in [-0.15, -0.1) is 0 Å². The monoisotopic (exact) mass is 369 g/mol. The Morgan fingerprint density at radius 3 is 1.88 bits per heavy atom. The van der Waals surface area contributed by atoms with Gasteiger partial charge in [-0.25, -0.2) is 9.59 Å². The Morgan fingerprint density at radius 2 is 1.35 bits per heavy atom. The third-order valence-electron chi connectivity index (χ3n) is 5.20. The third kappa shape index (κ3) is 8.91. The van der Waals surface area contributed by atoms with Crippen LogP contribution in [0.1, 0.15) is 104 Å². The lowest BCUT2D eigenvalue weighted by Crippen LogP contribution is -2.53. The molecule has 0 atom stereocenters. The first kappa shape index (κ1) is 22.8. The highest BCUT2D eigenvalue weighted by molar-refractivity contribution is 5.86. The molecule has 0 aromatic heterocycles. The van der Waals surface area contributed by atoms with Crippen molar-refractivity contribution in [3.63, 3.8) is 0 Å². The molecule has 0 heterocycles. The Morgan fingerprint density at radius 1 is 0.808 bits per heavy atom. The van der Waals surface area contributed by atoms with Gasteiger partial charge >= 0.3 is 12.1 Å². The zero-order valence-electron chi connectivity index (χ0n) is 16.9. The number of esters is 1. The van der Waals surface area contributed by atoms with Gasteiger partial charge in [0.15, 0.2) is 0 Å². The highest BCUT2D eigenvalue weighted by atomic mass is 16.6. The maximum Gasteiger partial charge on any atom is 0.408 e. The minimum Gasteiger partial charge on any atom is -0.464 e. The number of ether oxygens (including phenoxy) is 2. The minimum atomic E-state index is -0.870. The van der Waals surface area contributed by atoms with Gasteiger partial charge < -0.3 is 14.8 Å². The number of carbonyl (C=O) groups excluding carboxylic acids is 2. The van der Waals surface area contributed by atoms with Gasteiger partial charge in [0.25, 0.3) is 0 Å². The second kappa shape index (κ2) is 13.9. The van der Waals surface area contributed by atoms with E-state index in [1.54, 1.807) is 6.92 Å². The molecular formula is C21H39NO4. The summed E-state index contributed by atoms with van der Waals surface area (Å²) in [6, 6.07) is 0. The maximum absolute atomic E-state index is 12.5. The van der Waals surface area contributed by atoms with E-state index in [0.29, 0.717) is 26.1 Å². The van der Waals surface area contributed by atoms with E-state index >= 15 is 0 Å². The molecule has 0 bridgehead atoms. The number of alkyl carbamates (subject to hydrolysis) is 1. The summed E-state index contributed by atoms with van der Waals surface area (Å²) in [5, 5.41) is 2.75. The van der Waals surface area contributed by atoms with E-state index in [2.05, 4.69) is 12.2 Å². The van der Waals surface area contributed by atoms with Gasteiger partial charge in [0, 0.05) is 0 Å². The van der Waals surface area contributed by atoms with Crippen LogP contribution in [0.25, 0.3) is 0 Å². The molecule has 1 rings (SSSR count). The molecule has 0 aliphatic heterocycles. The van der Waals surface area contributed by atoms with Crippen LogP contribution >= 0.6 is 0 Å². The summed E-state index contributed by atoms with van der Waals surface area (Å²) in [5.41, 5.74) is -0.870. The molecule has 1 N–H and O–H groups in total. The summed E-state index contributed by atoms with van der Waals surface area (Å²) in [6.45, 7) is 4.75. The van der Waals surface area contributed by atoms with Crippen LogP contribution in [0.15, 0.2) is 0 Å². The molecule has 0 unspecified atom stereocenters. The predicted octanol–water partition coefficient (Wildman–Crippen LogP) is 5.51. The van der Waals surface area contributed by atoms with E-state index in [0.717, 1.165) is 25.7 Å². The lowest BCUT2D eigenvalue weighted by atomic mass is 9.98. The normalized spacial score (nSPS) is 15.6. The smallest absolute Gasteiger partial charge is 0.408 e. The summed E-state index contributed by atoms with van der Waals surface area (Å²) < 4.78 is 10.4. The van der Waals surface area contributed by atoms with Crippen LogP contribution in [0.4, 0.5) is 4.79 Å². The number of amides is 1. The molecule has 1 fully saturated rings. The molecule has 26 heavy (non-hydrogen) atoms. The Balaban J connectivity index is 2.11. The molecule has 5 heteroatoms. The van der Waals surface area contributed by atoms with Crippen LogP contribution in [-0.2, 0) is 14.3 Å². The van der Waals surface area contributed by atoms with Gasteiger partial charge in [0.1, 0.15) is 5.54 Å². The van der Waals surface area contributed by atoms with Gasteiger partial charge in [0.2, 0.25) is 0 Å². The fourth-order valence-corrected chi connectivity index (χ4v) is 3.61. The van der Waals surface area contributed by atoms with Crippen molar-refractivity contribution in [3.8, 4) is 0 Å². The van der Waals surface area contributed by atoms with Crippen molar-refractivity contribution in [2.24, 2.45) is 0 Å². The molecule has 1 saturated carbocycles. The van der Waals surface area contributed by atoms with Gasteiger partial charge in [-0.1, -0.05) is 77.6 Å². The lowest BCUT2D eigenvalue weighted by Gasteiger charge is -2.27. The van der Waals surface area contributed by atoms with Crippen molar-refractivity contribution < 1.29 is 19.1 Å². The van der Waals surface area contributed by atoms with Crippen LogP contribution in [0.3, 0.4) is 0 Å². The first-order valence-electron chi connectivity index (χ1n) is 10.8. The SMILES string of the molecule is CCCCCCCCCCCCOC(=O)C1(NC(=O)OCC)CCCC1. The molecule has 1 aliphatic carbocycles. The van der Waals surface area contributed by atoms with Crippen molar-refractivity contribution in [3.05, 3.63) is 0 Å². The van der Waals surface area contributed by atoms with E-state index in [-0.39, 0.29) is 5.97 Å². The molecule has 0 saturated heterocycles. The van der Waals surface area contributed by atoms with E-state index in [1.165, 1.54) is 51.4 Å². The molecule has 0 aromatic rings. The van der Waals surface area contributed by atoms with Crippen molar-refractivity contribution in [1.82, 2.24) is 5.32 Å². The molecular weight excluding hydrogens is 330 g/mol. The van der Waals surface area contributed by atoms with E-state index < -0.39 is 11.6 Å². The molecule has 1 aliphatic rings. The zero-order chi connectivity index (χ0) is 19.1. The summed E-state index contributed by atoms with van der Waals surface area (Å²) in [4.78, 5) is 24.2. The number of hydrogen-bond donors (Lipinski definition) is 1. The Hall–Kier alpha value is -1.26. The summed E-state index contributed by atoms with van der Waals surface area (Å²) in [5.74, 6) is -0.293. The van der Waals surface area contributed by atoms with Crippen molar-refractivity contribution in [1.29, 1.82) is 0 Å². The first-order chi connectivity index (χ1) is 12.6. The topological polar surface area (TPSA) is 64.6 Å². The zero-order valence-corrected chi connectivity index (χ0v) is 16.9. The predicted molar refractivity (Wildman–Crippen MR) is 104 cm³/mol. The molecule has 5 nitrogen and oxygen atoms in total. The van der Waals surface area contributed by atoms with Crippen LogP contribution in [0.5, 0.6) is 0 Å². The van der Waals surface area contributed by atoms with E-state index in [4.69, 9.17) is 9.47 Å². The lowest BCUT2D eigenvalue weighted by molar-refractivity contribution is -0.151. The van der Waals surface area contributed by atoms with Gasteiger partial charge in [-0.05, 0) is 26.2 Å². The molecule has 0 radical (unpaired) electrons. The summed E-state index contributed by atoms with van der Waals surface area (Å²) >= 11 is 0. The van der Waals surface area contributed by atoms with Gasteiger partial charge in [0.05, 0.1) is 13.2 Å². The molecule has 0 aromatic carbocycles. The quantitative estimate of drug-likeness (QED) is 0.324. The first-order valence-corrected chi connectivity index (χ1v) is 10.8. The molecule has 152 valence electrons. The number of hydrogen-bond acceptors (Lipinski definition) is 4. The van der Waals surface area contributed by atoms with Crippen LogP contribution in [0.2, 0.25) is 0 Å². The number of unbranched alkanes of at least 4 members (excludes halogenated alkanes) is 9. The average Bonchev–Trinajstić information content (AvgIpc) is 3.09.